The third-order valence-corrected chi connectivity index (χ3v) is 2.28. The summed E-state index contributed by atoms with van der Waals surface area (Å²) in [5.74, 6) is 0.837. The van der Waals surface area contributed by atoms with Crippen molar-refractivity contribution >= 4 is 0 Å². The minimum Gasteiger partial charge on any atom is -0.381 e. The fourth-order valence-corrected chi connectivity index (χ4v) is 1.59. The van der Waals surface area contributed by atoms with Gasteiger partial charge >= 0.3 is 0 Å². The van der Waals surface area contributed by atoms with Crippen LogP contribution in [0, 0.1) is 5.92 Å². The van der Waals surface area contributed by atoms with E-state index in [1.54, 1.807) is 0 Å². The van der Waals surface area contributed by atoms with E-state index in [-0.39, 0.29) is 0 Å². The van der Waals surface area contributed by atoms with Gasteiger partial charge in [0, 0.05) is 13.2 Å². The van der Waals surface area contributed by atoms with Crippen LogP contribution in [0.5, 0.6) is 0 Å². The van der Waals surface area contributed by atoms with E-state index in [0.29, 0.717) is 0 Å². The summed E-state index contributed by atoms with van der Waals surface area (Å²) < 4.78 is 5.39. The van der Waals surface area contributed by atoms with Crippen molar-refractivity contribution in [3.05, 3.63) is 12.7 Å². The van der Waals surface area contributed by atoms with Crippen LogP contribution < -0.4 is 0 Å². The average molecular weight is 154 g/mol. The molecule has 0 amide bonds. The van der Waals surface area contributed by atoms with Gasteiger partial charge in [0.15, 0.2) is 0 Å². The Labute approximate surface area is 69.4 Å². The highest BCUT2D eigenvalue weighted by atomic mass is 16.5. The monoisotopic (exact) mass is 154 g/mol. The van der Waals surface area contributed by atoms with Gasteiger partial charge in [-0.1, -0.05) is 6.08 Å². The number of rotatable bonds is 4. The molecule has 1 aliphatic heterocycles. The molecule has 0 unspecified atom stereocenters. The van der Waals surface area contributed by atoms with Crippen molar-refractivity contribution in [3.8, 4) is 0 Å². The maximum Gasteiger partial charge on any atom is 0.0494 e. The van der Waals surface area contributed by atoms with Gasteiger partial charge in [0.05, 0.1) is 0 Å². The van der Waals surface area contributed by atoms with Crippen LogP contribution in [0.1, 0.15) is 32.1 Å². The molecule has 1 rings (SSSR count). The Morgan fingerprint density at radius 3 is 3.09 bits per heavy atom. The summed E-state index contributed by atoms with van der Waals surface area (Å²) in [6.07, 6.45) is 8.42. The largest absolute Gasteiger partial charge is 0.381 e. The van der Waals surface area contributed by atoms with E-state index in [4.69, 9.17) is 4.74 Å². The molecule has 1 saturated heterocycles. The summed E-state index contributed by atoms with van der Waals surface area (Å²) >= 11 is 0. The Hall–Kier alpha value is -0.300. The Morgan fingerprint density at radius 2 is 2.45 bits per heavy atom. The van der Waals surface area contributed by atoms with E-state index in [0.717, 1.165) is 25.6 Å². The Morgan fingerprint density at radius 1 is 1.55 bits per heavy atom. The molecule has 1 heterocycles. The second-order valence-electron chi connectivity index (χ2n) is 3.30. The molecule has 0 aromatic heterocycles. The van der Waals surface area contributed by atoms with E-state index in [2.05, 4.69) is 6.58 Å². The fraction of sp³-hybridized carbons (Fsp3) is 0.800. The lowest BCUT2D eigenvalue weighted by molar-refractivity contribution is 0.0510. The van der Waals surface area contributed by atoms with Crippen LogP contribution in [0.15, 0.2) is 12.7 Å². The molecule has 1 nitrogen and oxygen atoms in total. The third-order valence-electron chi connectivity index (χ3n) is 2.28. The van der Waals surface area contributed by atoms with Crippen LogP contribution in [0.2, 0.25) is 0 Å². The molecule has 11 heavy (non-hydrogen) atoms. The Kier molecular flexibility index (Phi) is 4.29. The standard InChI is InChI=1S/C10H18O/c1-2-3-4-6-10-7-5-8-11-9-10/h2,10H,1,3-9H2/t10-/m0/s1. The van der Waals surface area contributed by atoms with Crippen molar-refractivity contribution in [2.75, 3.05) is 13.2 Å². The van der Waals surface area contributed by atoms with Crippen molar-refractivity contribution in [1.29, 1.82) is 0 Å². The first kappa shape index (κ1) is 8.79. The molecular formula is C10H18O. The zero-order chi connectivity index (χ0) is 7.94. The number of hydrogen-bond donors (Lipinski definition) is 0. The molecule has 1 heteroatoms. The molecule has 0 radical (unpaired) electrons. The minimum atomic E-state index is 0.837. The van der Waals surface area contributed by atoms with Gasteiger partial charge < -0.3 is 4.74 Å². The first-order valence-electron chi connectivity index (χ1n) is 4.62. The highest BCUT2D eigenvalue weighted by Gasteiger charge is 2.12. The summed E-state index contributed by atoms with van der Waals surface area (Å²) in [6, 6.07) is 0. The quantitative estimate of drug-likeness (QED) is 0.447. The van der Waals surface area contributed by atoms with Crippen LogP contribution in [0.3, 0.4) is 0 Å². The average Bonchev–Trinajstić information content (AvgIpc) is 2.07. The molecule has 1 fully saturated rings. The maximum atomic E-state index is 5.39. The lowest BCUT2D eigenvalue weighted by atomic mass is 9.96. The highest BCUT2D eigenvalue weighted by Crippen LogP contribution is 2.19. The molecule has 1 aliphatic rings. The number of allylic oxidation sites excluding steroid dienone is 1. The van der Waals surface area contributed by atoms with Crippen molar-refractivity contribution in [2.45, 2.75) is 32.1 Å². The summed E-state index contributed by atoms with van der Waals surface area (Å²) in [5, 5.41) is 0. The topological polar surface area (TPSA) is 9.23 Å². The van der Waals surface area contributed by atoms with Gasteiger partial charge in [-0.15, -0.1) is 6.58 Å². The molecule has 0 spiro atoms. The molecule has 0 saturated carbocycles. The van der Waals surface area contributed by atoms with Gasteiger partial charge in [-0.05, 0) is 38.0 Å². The summed E-state index contributed by atoms with van der Waals surface area (Å²) in [5.41, 5.74) is 0. The predicted octanol–water partition coefficient (Wildman–Crippen LogP) is 2.77. The first-order valence-corrected chi connectivity index (χ1v) is 4.62. The van der Waals surface area contributed by atoms with Gasteiger partial charge in [-0.2, -0.15) is 0 Å². The fourth-order valence-electron chi connectivity index (χ4n) is 1.59. The Balaban J connectivity index is 2.00. The smallest absolute Gasteiger partial charge is 0.0494 e. The second kappa shape index (κ2) is 5.36. The molecule has 0 bridgehead atoms. The Bertz CT molecular complexity index is 103. The van der Waals surface area contributed by atoms with Gasteiger partial charge in [-0.25, -0.2) is 0 Å². The lowest BCUT2D eigenvalue weighted by Crippen LogP contribution is -2.16. The van der Waals surface area contributed by atoms with Crippen LogP contribution >= 0.6 is 0 Å². The molecule has 0 aromatic rings. The molecule has 0 aromatic carbocycles. The summed E-state index contributed by atoms with van der Waals surface area (Å²) in [4.78, 5) is 0. The molecular weight excluding hydrogens is 136 g/mol. The number of ether oxygens (including phenoxy) is 1. The molecule has 0 N–H and O–H groups in total. The first-order chi connectivity index (χ1) is 5.43. The highest BCUT2D eigenvalue weighted by molar-refractivity contribution is 4.69. The minimum absolute atomic E-state index is 0.837. The summed E-state index contributed by atoms with van der Waals surface area (Å²) in [6.45, 7) is 5.69. The van der Waals surface area contributed by atoms with Crippen LogP contribution in [0.4, 0.5) is 0 Å². The molecule has 64 valence electrons. The number of hydrogen-bond acceptors (Lipinski definition) is 1. The zero-order valence-corrected chi connectivity index (χ0v) is 7.22. The zero-order valence-electron chi connectivity index (χ0n) is 7.22. The van der Waals surface area contributed by atoms with Crippen LogP contribution in [-0.2, 0) is 4.74 Å². The predicted molar refractivity (Wildman–Crippen MR) is 47.6 cm³/mol. The van der Waals surface area contributed by atoms with E-state index in [1.807, 2.05) is 6.08 Å². The molecule has 0 aliphatic carbocycles. The molecule has 1 atom stereocenters. The number of unbranched alkanes of at least 4 members (excludes halogenated alkanes) is 1. The normalized spacial score (nSPS) is 24.9. The van der Waals surface area contributed by atoms with Crippen molar-refractivity contribution in [1.82, 2.24) is 0 Å². The van der Waals surface area contributed by atoms with E-state index >= 15 is 0 Å². The van der Waals surface area contributed by atoms with Gasteiger partial charge in [0.1, 0.15) is 0 Å². The third kappa shape index (κ3) is 3.57. The van der Waals surface area contributed by atoms with E-state index in [1.165, 1.54) is 25.7 Å². The van der Waals surface area contributed by atoms with E-state index in [9.17, 15) is 0 Å². The van der Waals surface area contributed by atoms with E-state index < -0.39 is 0 Å². The van der Waals surface area contributed by atoms with Gasteiger partial charge in [-0.3, -0.25) is 0 Å². The summed E-state index contributed by atoms with van der Waals surface area (Å²) in [7, 11) is 0. The lowest BCUT2D eigenvalue weighted by Gasteiger charge is -2.21. The van der Waals surface area contributed by atoms with Crippen LogP contribution in [-0.4, -0.2) is 13.2 Å². The van der Waals surface area contributed by atoms with Gasteiger partial charge in [0.25, 0.3) is 0 Å². The van der Waals surface area contributed by atoms with Crippen LogP contribution in [0.25, 0.3) is 0 Å². The van der Waals surface area contributed by atoms with Crippen molar-refractivity contribution in [2.24, 2.45) is 5.92 Å². The second-order valence-corrected chi connectivity index (χ2v) is 3.30. The van der Waals surface area contributed by atoms with Crippen molar-refractivity contribution < 1.29 is 4.74 Å². The SMILES string of the molecule is C=CCCC[C@H]1CCCOC1. The van der Waals surface area contributed by atoms with Gasteiger partial charge in [0.2, 0.25) is 0 Å². The van der Waals surface area contributed by atoms with Crippen molar-refractivity contribution in [3.63, 3.8) is 0 Å². The maximum absolute atomic E-state index is 5.39.